The summed E-state index contributed by atoms with van der Waals surface area (Å²) in [5.41, 5.74) is 9.02. The van der Waals surface area contributed by atoms with Crippen LogP contribution >= 0.6 is 0 Å². The van der Waals surface area contributed by atoms with Gasteiger partial charge in [0.1, 0.15) is 11.5 Å². The number of ether oxygens (including phenoxy) is 2. The first-order chi connectivity index (χ1) is 14.0. The van der Waals surface area contributed by atoms with Gasteiger partial charge in [-0.15, -0.1) is 0 Å². The molecule has 0 saturated carbocycles. The summed E-state index contributed by atoms with van der Waals surface area (Å²) in [5, 5.41) is 6.89. The van der Waals surface area contributed by atoms with Crippen molar-refractivity contribution >= 4 is 11.6 Å². The number of rotatable bonds is 7. The molecule has 30 heavy (non-hydrogen) atoms. The van der Waals surface area contributed by atoms with E-state index in [9.17, 15) is 4.79 Å². The molecule has 4 N–H and O–H groups in total. The van der Waals surface area contributed by atoms with Gasteiger partial charge in [-0.25, -0.2) is 0 Å². The van der Waals surface area contributed by atoms with Crippen molar-refractivity contribution in [3.8, 4) is 33.9 Å². The van der Waals surface area contributed by atoms with Crippen LogP contribution in [0.3, 0.4) is 0 Å². The van der Waals surface area contributed by atoms with Crippen molar-refractivity contribution in [3.05, 3.63) is 47.7 Å². The largest absolute Gasteiger partial charge is 1.00 e. The lowest BCUT2D eigenvalue weighted by Gasteiger charge is -2.13. The zero-order chi connectivity index (χ0) is 21.0. The van der Waals surface area contributed by atoms with Crippen LogP contribution in [0.15, 0.2) is 41.1 Å². The number of halogens is 1. The lowest BCUT2D eigenvalue weighted by atomic mass is 9.98. The number of hydrogen-bond donors (Lipinski definition) is 2. The molecule has 160 valence electrons. The third-order valence-corrected chi connectivity index (χ3v) is 4.86. The molecular weight excluding hydrogens is 406 g/mol. The summed E-state index contributed by atoms with van der Waals surface area (Å²) in [6.07, 6.45) is 2.01. The summed E-state index contributed by atoms with van der Waals surface area (Å²) >= 11 is 0. The van der Waals surface area contributed by atoms with Gasteiger partial charge in [-0.1, -0.05) is 11.2 Å². The van der Waals surface area contributed by atoms with Crippen LogP contribution < -0.4 is 32.9 Å². The van der Waals surface area contributed by atoms with E-state index in [2.05, 4.69) is 16.2 Å². The summed E-state index contributed by atoms with van der Waals surface area (Å²) in [4.78, 5) is 12.1. The molecular formula is C22H26ClN3O4. The van der Waals surface area contributed by atoms with Gasteiger partial charge in [0.25, 0.3) is 0 Å². The fourth-order valence-electron chi connectivity index (χ4n) is 3.17. The minimum atomic E-state index is -0.111. The van der Waals surface area contributed by atoms with E-state index in [4.69, 9.17) is 14.0 Å². The second kappa shape index (κ2) is 10.1. The number of quaternary nitrogens is 1. The third kappa shape index (κ3) is 4.75. The Morgan fingerprint density at radius 2 is 1.83 bits per heavy atom. The highest BCUT2D eigenvalue weighted by atomic mass is 35.5. The van der Waals surface area contributed by atoms with Gasteiger partial charge in [-0.3, -0.25) is 4.79 Å². The van der Waals surface area contributed by atoms with Crippen molar-refractivity contribution in [2.24, 2.45) is 0 Å². The van der Waals surface area contributed by atoms with Crippen molar-refractivity contribution in [2.45, 2.75) is 20.3 Å². The van der Waals surface area contributed by atoms with Crippen molar-refractivity contribution in [2.75, 3.05) is 26.1 Å². The molecule has 3 rings (SSSR count). The highest BCUT2D eigenvalue weighted by molar-refractivity contribution is 5.94. The van der Waals surface area contributed by atoms with E-state index in [1.54, 1.807) is 20.4 Å². The maximum atomic E-state index is 12.1. The summed E-state index contributed by atoms with van der Waals surface area (Å²) in [5.74, 6) is 1.89. The zero-order valence-electron chi connectivity index (χ0n) is 17.5. The van der Waals surface area contributed by atoms with Gasteiger partial charge in [-0.05, 0) is 54.8 Å². The zero-order valence-corrected chi connectivity index (χ0v) is 18.3. The molecule has 1 heterocycles. The predicted octanol–water partition coefficient (Wildman–Crippen LogP) is 0.217. The lowest BCUT2D eigenvalue weighted by Crippen LogP contribution is -3.00. The van der Waals surface area contributed by atoms with Crippen LogP contribution in [0.5, 0.6) is 11.5 Å². The van der Waals surface area contributed by atoms with Crippen LogP contribution in [0.4, 0.5) is 5.69 Å². The van der Waals surface area contributed by atoms with E-state index in [-0.39, 0.29) is 18.3 Å². The van der Waals surface area contributed by atoms with Gasteiger partial charge in [0.2, 0.25) is 5.91 Å². The molecule has 0 saturated heterocycles. The van der Waals surface area contributed by atoms with E-state index in [1.165, 1.54) is 0 Å². The normalized spacial score (nSPS) is 10.3. The van der Waals surface area contributed by atoms with Crippen LogP contribution in [-0.2, 0) is 4.79 Å². The molecule has 0 radical (unpaired) electrons. The number of benzene rings is 2. The van der Waals surface area contributed by atoms with E-state index in [0.717, 1.165) is 33.6 Å². The van der Waals surface area contributed by atoms with E-state index < -0.39 is 0 Å². The number of methoxy groups -OCH3 is 2. The Hall–Kier alpha value is -3.03. The summed E-state index contributed by atoms with van der Waals surface area (Å²) in [6, 6.07) is 9.56. The number of carbonyl (C=O) groups is 1. The number of nitrogens with one attached hydrogen (secondary N) is 1. The second-order valence-corrected chi connectivity index (χ2v) is 6.76. The molecule has 1 aromatic heterocycles. The standard InChI is InChI=1S/C22H25N3O4.ClH/c1-13-9-16(11-20(28-4)14(13)2)22-17(12-24-29-22)15-5-6-19(27-3)18(10-15)25-21(26)7-8-23;/h5-6,9-12H,7-8,23H2,1-4H3,(H,25,26);1H. The topological polar surface area (TPSA) is 101 Å². The second-order valence-electron chi connectivity index (χ2n) is 6.76. The van der Waals surface area contributed by atoms with Crippen molar-refractivity contribution in [1.82, 2.24) is 5.16 Å². The Bertz CT molecular complexity index is 1030. The van der Waals surface area contributed by atoms with Crippen LogP contribution in [-0.4, -0.2) is 31.8 Å². The molecule has 0 atom stereocenters. The van der Waals surface area contributed by atoms with E-state index in [1.807, 2.05) is 44.2 Å². The van der Waals surface area contributed by atoms with E-state index in [0.29, 0.717) is 30.2 Å². The predicted molar refractivity (Wildman–Crippen MR) is 111 cm³/mol. The van der Waals surface area contributed by atoms with Crippen LogP contribution in [0.2, 0.25) is 0 Å². The van der Waals surface area contributed by atoms with Gasteiger partial charge >= 0.3 is 0 Å². The minimum Gasteiger partial charge on any atom is -1.00 e. The number of hydrogen-bond acceptors (Lipinski definition) is 5. The fourth-order valence-corrected chi connectivity index (χ4v) is 3.17. The Balaban J connectivity index is 0.00000320. The highest BCUT2D eigenvalue weighted by Gasteiger charge is 2.17. The number of nitrogens with zero attached hydrogens (tertiary/aromatic N) is 1. The molecule has 1 amide bonds. The average Bonchev–Trinajstić information content (AvgIpc) is 3.20. The lowest BCUT2D eigenvalue weighted by molar-refractivity contribution is -0.365. The quantitative estimate of drug-likeness (QED) is 0.557. The molecule has 0 bridgehead atoms. The maximum absolute atomic E-state index is 12.1. The Morgan fingerprint density at radius 3 is 2.50 bits per heavy atom. The van der Waals surface area contributed by atoms with Crippen LogP contribution in [0, 0.1) is 13.8 Å². The van der Waals surface area contributed by atoms with Gasteiger partial charge in [0, 0.05) is 11.1 Å². The molecule has 0 aliphatic heterocycles. The van der Waals surface area contributed by atoms with Crippen LogP contribution in [0.1, 0.15) is 17.5 Å². The van der Waals surface area contributed by atoms with Gasteiger partial charge < -0.3 is 37.5 Å². The molecule has 0 aliphatic carbocycles. The number of aryl methyl sites for hydroxylation is 1. The molecule has 2 aromatic carbocycles. The first-order valence-corrected chi connectivity index (χ1v) is 9.36. The molecule has 0 fully saturated rings. The molecule has 0 aliphatic rings. The van der Waals surface area contributed by atoms with Crippen molar-refractivity contribution in [1.29, 1.82) is 0 Å². The Morgan fingerprint density at radius 1 is 1.10 bits per heavy atom. The highest BCUT2D eigenvalue weighted by Crippen LogP contribution is 2.38. The Labute approximate surface area is 181 Å². The third-order valence-electron chi connectivity index (χ3n) is 4.86. The maximum Gasteiger partial charge on any atom is 0.230 e. The summed E-state index contributed by atoms with van der Waals surface area (Å²) in [6.45, 7) is 4.57. The van der Waals surface area contributed by atoms with Gasteiger partial charge in [0.05, 0.1) is 39.1 Å². The van der Waals surface area contributed by atoms with Crippen LogP contribution in [0.25, 0.3) is 22.5 Å². The number of aromatic nitrogens is 1. The number of amides is 1. The molecule has 0 unspecified atom stereocenters. The first kappa shape index (κ1) is 23.3. The average molecular weight is 432 g/mol. The molecule has 0 spiro atoms. The molecule has 3 aromatic rings. The van der Waals surface area contributed by atoms with Gasteiger partial charge in [0.15, 0.2) is 5.76 Å². The number of carbonyl (C=O) groups excluding carboxylic acids is 1. The fraction of sp³-hybridized carbons (Fsp3) is 0.273. The van der Waals surface area contributed by atoms with Crippen molar-refractivity contribution < 1.29 is 36.9 Å². The minimum absolute atomic E-state index is 0. The number of anilines is 1. The smallest absolute Gasteiger partial charge is 0.230 e. The van der Waals surface area contributed by atoms with Crippen molar-refractivity contribution in [3.63, 3.8) is 0 Å². The SMILES string of the molecule is COc1ccc(-c2cnoc2-c2cc(C)c(C)c(OC)c2)cc1NC(=O)CC[NH3+].[Cl-]. The monoisotopic (exact) mass is 431 g/mol. The molecule has 7 nitrogen and oxygen atoms in total. The van der Waals surface area contributed by atoms with E-state index >= 15 is 0 Å². The summed E-state index contributed by atoms with van der Waals surface area (Å²) < 4.78 is 16.5. The Kier molecular flexibility index (Phi) is 7.86. The first-order valence-electron chi connectivity index (χ1n) is 9.36. The van der Waals surface area contributed by atoms with Gasteiger partial charge in [-0.2, -0.15) is 0 Å². The summed E-state index contributed by atoms with van der Waals surface area (Å²) in [7, 11) is 3.22. The molecule has 8 heteroatoms.